The molecule has 0 atom stereocenters. The molecule has 5 nitrogen and oxygen atoms in total. The second-order valence-electron chi connectivity index (χ2n) is 4.58. The van der Waals surface area contributed by atoms with E-state index in [2.05, 4.69) is 5.32 Å². The maximum absolute atomic E-state index is 11.8. The first-order valence-corrected chi connectivity index (χ1v) is 6.32. The first kappa shape index (κ1) is 14.0. The summed E-state index contributed by atoms with van der Waals surface area (Å²) in [5, 5.41) is 2.91. The maximum atomic E-state index is 11.8. The van der Waals surface area contributed by atoms with Gasteiger partial charge in [0.15, 0.2) is 0 Å². The van der Waals surface area contributed by atoms with Gasteiger partial charge in [0, 0.05) is 19.1 Å². The summed E-state index contributed by atoms with van der Waals surface area (Å²) in [6.07, 6.45) is 2.18. The van der Waals surface area contributed by atoms with Crippen LogP contribution in [0.15, 0.2) is 0 Å². The lowest BCUT2D eigenvalue weighted by Gasteiger charge is -2.22. The molecule has 0 spiro atoms. The number of carbonyl (C=O) groups is 2. The molecule has 1 saturated carbocycles. The molecule has 5 heteroatoms. The number of amides is 2. The van der Waals surface area contributed by atoms with Crippen molar-refractivity contribution in [3.05, 3.63) is 0 Å². The number of hydrogen-bond donors (Lipinski definition) is 1. The van der Waals surface area contributed by atoms with Gasteiger partial charge in [-0.05, 0) is 33.7 Å². The number of nitrogens with zero attached hydrogens (tertiary/aromatic N) is 2. The minimum absolute atomic E-state index is 0.0161. The molecule has 1 N–H and O–H groups in total. The first-order chi connectivity index (χ1) is 8.06. The summed E-state index contributed by atoms with van der Waals surface area (Å²) in [4.78, 5) is 26.8. The Balaban J connectivity index is 2.24. The van der Waals surface area contributed by atoms with E-state index < -0.39 is 0 Å². The van der Waals surface area contributed by atoms with E-state index in [0.717, 1.165) is 25.9 Å². The highest BCUT2D eigenvalue weighted by molar-refractivity contribution is 5.81. The molecule has 98 valence electrons. The van der Waals surface area contributed by atoms with Gasteiger partial charge < -0.3 is 10.2 Å². The largest absolute Gasteiger partial charge is 0.352 e. The summed E-state index contributed by atoms with van der Waals surface area (Å²) < 4.78 is 0. The molecule has 1 aliphatic carbocycles. The molecule has 0 heterocycles. The van der Waals surface area contributed by atoms with E-state index in [9.17, 15) is 9.59 Å². The van der Waals surface area contributed by atoms with Crippen LogP contribution in [0.1, 0.15) is 26.7 Å². The second kappa shape index (κ2) is 6.59. The zero-order valence-electron chi connectivity index (χ0n) is 11.0. The number of nitrogens with one attached hydrogen (secondary N) is 1. The van der Waals surface area contributed by atoms with Gasteiger partial charge >= 0.3 is 0 Å². The van der Waals surface area contributed by atoms with E-state index in [-0.39, 0.29) is 11.8 Å². The highest BCUT2D eigenvalue weighted by Gasteiger charge is 2.24. The summed E-state index contributed by atoms with van der Waals surface area (Å²) in [6.45, 7) is 5.96. The van der Waals surface area contributed by atoms with E-state index in [1.165, 1.54) is 0 Å². The predicted molar refractivity (Wildman–Crippen MR) is 66.6 cm³/mol. The van der Waals surface area contributed by atoms with Gasteiger partial charge in [0.05, 0.1) is 13.1 Å². The van der Waals surface area contributed by atoms with Crippen LogP contribution in [0.25, 0.3) is 0 Å². The lowest BCUT2D eigenvalue weighted by atomic mass is 10.4. The minimum Gasteiger partial charge on any atom is -0.352 e. The zero-order valence-corrected chi connectivity index (χ0v) is 11.0. The number of hydrogen-bond acceptors (Lipinski definition) is 3. The Labute approximate surface area is 103 Å². The predicted octanol–water partition coefficient (Wildman–Crippen LogP) is 0.0652. The molecule has 0 saturated heterocycles. The van der Waals surface area contributed by atoms with Crippen LogP contribution in [0.3, 0.4) is 0 Å². The fourth-order valence-electron chi connectivity index (χ4n) is 1.71. The lowest BCUT2D eigenvalue weighted by molar-refractivity contribution is -0.132. The van der Waals surface area contributed by atoms with Gasteiger partial charge in [0.1, 0.15) is 0 Å². The Morgan fingerprint density at radius 2 is 1.76 bits per heavy atom. The van der Waals surface area contributed by atoms with Crippen molar-refractivity contribution in [3.63, 3.8) is 0 Å². The molecule has 0 bridgehead atoms. The lowest BCUT2D eigenvalue weighted by Crippen LogP contribution is -2.42. The first-order valence-electron chi connectivity index (χ1n) is 6.32. The fourth-order valence-corrected chi connectivity index (χ4v) is 1.71. The van der Waals surface area contributed by atoms with Crippen LogP contribution in [-0.2, 0) is 9.59 Å². The van der Waals surface area contributed by atoms with Crippen LogP contribution in [0.2, 0.25) is 0 Å². The van der Waals surface area contributed by atoms with E-state index >= 15 is 0 Å². The van der Waals surface area contributed by atoms with E-state index in [1.54, 1.807) is 16.8 Å². The molecular formula is C12H23N3O2. The van der Waals surface area contributed by atoms with Gasteiger partial charge in [0.2, 0.25) is 11.8 Å². The Morgan fingerprint density at radius 3 is 2.24 bits per heavy atom. The van der Waals surface area contributed by atoms with Crippen molar-refractivity contribution in [2.24, 2.45) is 0 Å². The second-order valence-corrected chi connectivity index (χ2v) is 4.58. The SMILES string of the molecule is CCN(CC)C(=O)CN(C)CC(=O)NC1CC1. The topological polar surface area (TPSA) is 52.7 Å². The summed E-state index contributed by atoms with van der Waals surface area (Å²) in [5.74, 6) is 0.0964. The Kier molecular flexibility index (Phi) is 5.41. The van der Waals surface area contributed by atoms with Crippen molar-refractivity contribution in [2.75, 3.05) is 33.2 Å². The normalized spacial score (nSPS) is 14.8. The van der Waals surface area contributed by atoms with Gasteiger partial charge in [0.25, 0.3) is 0 Å². The summed E-state index contributed by atoms with van der Waals surface area (Å²) in [6, 6.07) is 0.384. The van der Waals surface area contributed by atoms with Crippen molar-refractivity contribution in [2.45, 2.75) is 32.7 Å². The molecule has 0 aromatic heterocycles. The molecule has 0 aromatic carbocycles. The van der Waals surface area contributed by atoms with Crippen molar-refractivity contribution in [1.29, 1.82) is 0 Å². The van der Waals surface area contributed by atoms with Crippen molar-refractivity contribution in [1.82, 2.24) is 15.1 Å². The van der Waals surface area contributed by atoms with Crippen LogP contribution in [-0.4, -0.2) is 60.9 Å². The average Bonchev–Trinajstić information content (AvgIpc) is 3.02. The molecular weight excluding hydrogens is 218 g/mol. The third-order valence-electron chi connectivity index (χ3n) is 2.88. The molecule has 17 heavy (non-hydrogen) atoms. The van der Waals surface area contributed by atoms with Gasteiger partial charge in [-0.3, -0.25) is 14.5 Å². The third-order valence-corrected chi connectivity index (χ3v) is 2.88. The van der Waals surface area contributed by atoms with Gasteiger partial charge in [-0.1, -0.05) is 0 Å². The van der Waals surface area contributed by atoms with Crippen LogP contribution in [0, 0.1) is 0 Å². The Bertz CT molecular complexity index is 273. The summed E-state index contributed by atoms with van der Waals surface area (Å²) in [7, 11) is 1.80. The van der Waals surface area contributed by atoms with E-state index in [4.69, 9.17) is 0 Å². The van der Waals surface area contributed by atoms with Crippen LogP contribution >= 0.6 is 0 Å². The van der Waals surface area contributed by atoms with Crippen LogP contribution in [0.5, 0.6) is 0 Å². The highest BCUT2D eigenvalue weighted by Crippen LogP contribution is 2.18. The molecule has 2 amide bonds. The smallest absolute Gasteiger partial charge is 0.236 e. The average molecular weight is 241 g/mol. The summed E-state index contributed by atoms with van der Waals surface area (Å²) >= 11 is 0. The maximum Gasteiger partial charge on any atom is 0.236 e. The van der Waals surface area contributed by atoms with Crippen molar-refractivity contribution in [3.8, 4) is 0 Å². The number of carbonyl (C=O) groups excluding carboxylic acids is 2. The van der Waals surface area contributed by atoms with Crippen molar-refractivity contribution < 1.29 is 9.59 Å². The molecule has 0 aliphatic heterocycles. The molecule has 0 unspecified atom stereocenters. The number of likely N-dealkylation sites (N-methyl/N-ethyl adjacent to an activating group) is 2. The fraction of sp³-hybridized carbons (Fsp3) is 0.833. The molecule has 1 rings (SSSR count). The molecule has 1 fully saturated rings. The van der Waals surface area contributed by atoms with Gasteiger partial charge in [-0.25, -0.2) is 0 Å². The van der Waals surface area contributed by atoms with E-state index in [1.807, 2.05) is 13.8 Å². The van der Waals surface area contributed by atoms with E-state index in [0.29, 0.717) is 19.1 Å². The molecule has 0 radical (unpaired) electrons. The number of rotatable bonds is 7. The summed E-state index contributed by atoms with van der Waals surface area (Å²) in [5.41, 5.74) is 0. The van der Waals surface area contributed by atoms with Crippen molar-refractivity contribution >= 4 is 11.8 Å². The zero-order chi connectivity index (χ0) is 12.8. The minimum atomic E-state index is 0.0161. The Morgan fingerprint density at radius 1 is 1.18 bits per heavy atom. The van der Waals surface area contributed by atoms with Gasteiger partial charge in [-0.15, -0.1) is 0 Å². The van der Waals surface area contributed by atoms with Crippen LogP contribution in [0.4, 0.5) is 0 Å². The Hall–Kier alpha value is -1.10. The molecule has 1 aliphatic rings. The standard InChI is InChI=1S/C12H23N3O2/c1-4-15(5-2)12(17)9-14(3)8-11(16)13-10-6-7-10/h10H,4-9H2,1-3H3,(H,13,16). The van der Waals surface area contributed by atoms with Gasteiger partial charge in [-0.2, -0.15) is 0 Å². The monoisotopic (exact) mass is 241 g/mol. The highest BCUT2D eigenvalue weighted by atomic mass is 16.2. The quantitative estimate of drug-likeness (QED) is 0.686. The molecule has 0 aromatic rings. The third kappa shape index (κ3) is 5.17. The van der Waals surface area contributed by atoms with Crippen LogP contribution < -0.4 is 5.32 Å².